The quantitative estimate of drug-likeness (QED) is 0.656. The molecular formula is C15H14N2OS3. The van der Waals surface area contributed by atoms with Gasteiger partial charge in [-0.15, -0.1) is 34.4 Å². The number of thiophene rings is 1. The summed E-state index contributed by atoms with van der Waals surface area (Å²) in [5.74, 6) is 0. The van der Waals surface area contributed by atoms with Crippen LogP contribution in [0.2, 0.25) is 0 Å². The van der Waals surface area contributed by atoms with Crippen molar-refractivity contribution in [1.29, 1.82) is 0 Å². The Bertz CT molecular complexity index is 736. The summed E-state index contributed by atoms with van der Waals surface area (Å²) in [6.45, 7) is 0.0463. The first-order chi connectivity index (χ1) is 10.3. The number of rotatable bonds is 5. The SMILES string of the molecule is CSc1sccc1-c1csc(Nc2cccc(CO)c2)n1. The lowest BCUT2D eigenvalue weighted by atomic mass is 10.2. The van der Waals surface area contributed by atoms with Gasteiger partial charge in [0.05, 0.1) is 16.5 Å². The molecule has 2 heterocycles. The maximum absolute atomic E-state index is 9.17. The lowest BCUT2D eigenvalue weighted by Gasteiger charge is -2.04. The van der Waals surface area contributed by atoms with Crippen molar-refractivity contribution in [3.8, 4) is 11.3 Å². The Morgan fingerprint density at radius 3 is 3.00 bits per heavy atom. The summed E-state index contributed by atoms with van der Waals surface area (Å²) >= 11 is 5.08. The fraction of sp³-hybridized carbons (Fsp3) is 0.133. The molecule has 1 aromatic carbocycles. The molecule has 108 valence electrons. The van der Waals surface area contributed by atoms with Crippen molar-refractivity contribution in [1.82, 2.24) is 4.98 Å². The van der Waals surface area contributed by atoms with Crippen molar-refractivity contribution in [2.24, 2.45) is 0 Å². The van der Waals surface area contributed by atoms with E-state index in [2.05, 4.69) is 33.4 Å². The molecule has 21 heavy (non-hydrogen) atoms. The number of nitrogens with zero attached hydrogens (tertiary/aromatic N) is 1. The highest BCUT2D eigenvalue weighted by atomic mass is 32.2. The van der Waals surface area contributed by atoms with Crippen LogP contribution in [0.5, 0.6) is 0 Å². The lowest BCUT2D eigenvalue weighted by Crippen LogP contribution is -1.91. The van der Waals surface area contributed by atoms with Crippen LogP contribution in [0.25, 0.3) is 11.3 Å². The van der Waals surface area contributed by atoms with Crippen molar-refractivity contribution in [2.45, 2.75) is 10.8 Å². The van der Waals surface area contributed by atoms with Crippen LogP contribution in [-0.4, -0.2) is 16.3 Å². The normalized spacial score (nSPS) is 10.8. The summed E-state index contributed by atoms with van der Waals surface area (Å²) in [4.78, 5) is 4.65. The smallest absolute Gasteiger partial charge is 0.187 e. The predicted octanol–water partition coefficient (Wildman–Crippen LogP) is 4.83. The van der Waals surface area contributed by atoms with E-state index in [-0.39, 0.29) is 6.61 Å². The van der Waals surface area contributed by atoms with Gasteiger partial charge in [0.2, 0.25) is 0 Å². The third kappa shape index (κ3) is 3.29. The van der Waals surface area contributed by atoms with Gasteiger partial charge in [0.15, 0.2) is 5.13 Å². The van der Waals surface area contributed by atoms with Crippen LogP contribution in [0, 0.1) is 0 Å². The zero-order valence-corrected chi connectivity index (χ0v) is 13.8. The fourth-order valence-electron chi connectivity index (χ4n) is 1.97. The molecule has 3 aromatic rings. The third-order valence-electron chi connectivity index (χ3n) is 2.96. The van der Waals surface area contributed by atoms with Crippen molar-refractivity contribution >= 4 is 45.3 Å². The zero-order valence-electron chi connectivity index (χ0n) is 11.4. The third-order valence-corrected chi connectivity index (χ3v) is 5.80. The number of hydrogen-bond acceptors (Lipinski definition) is 6. The minimum Gasteiger partial charge on any atom is -0.392 e. The van der Waals surface area contributed by atoms with Gasteiger partial charge in [-0.05, 0) is 35.4 Å². The molecule has 0 amide bonds. The molecule has 6 heteroatoms. The standard InChI is InChI=1S/C15H14N2OS3/c1-19-14-12(5-6-20-14)13-9-21-15(17-13)16-11-4-2-3-10(7-11)8-18/h2-7,9,18H,8H2,1H3,(H,16,17). The number of hydrogen-bond donors (Lipinski definition) is 2. The van der Waals surface area contributed by atoms with E-state index in [1.54, 1.807) is 34.4 Å². The second-order valence-electron chi connectivity index (χ2n) is 4.35. The van der Waals surface area contributed by atoms with Crippen molar-refractivity contribution in [3.63, 3.8) is 0 Å². The van der Waals surface area contributed by atoms with Gasteiger partial charge in [0, 0.05) is 16.6 Å². The van der Waals surface area contributed by atoms with E-state index < -0.39 is 0 Å². The van der Waals surface area contributed by atoms with Gasteiger partial charge in [-0.3, -0.25) is 0 Å². The Labute approximate surface area is 135 Å². The first-order valence-corrected chi connectivity index (χ1v) is 9.33. The average molecular weight is 334 g/mol. The number of thiazole rings is 1. The summed E-state index contributed by atoms with van der Waals surface area (Å²) < 4.78 is 1.29. The van der Waals surface area contributed by atoms with Gasteiger partial charge in [0.1, 0.15) is 0 Å². The Balaban J connectivity index is 1.82. The van der Waals surface area contributed by atoms with Crippen LogP contribution in [0.4, 0.5) is 10.8 Å². The summed E-state index contributed by atoms with van der Waals surface area (Å²) in [7, 11) is 0. The Kier molecular flexibility index (Phi) is 4.60. The van der Waals surface area contributed by atoms with Gasteiger partial charge >= 0.3 is 0 Å². The lowest BCUT2D eigenvalue weighted by molar-refractivity contribution is 0.282. The molecule has 2 N–H and O–H groups in total. The van der Waals surface area contributed by atoms with E-state index >= 15 is 0 Å². The molecule has 0 unspecified atom stereocenters. The molecule has 0 saturated carbocycles. The number of anilines is 2. The predicted molar refractivity (Wildman–Crippen MR) is 92.9 cm³/mol. The number of aliphatic hydroxyl groups is 1. The molecule has 0 aliphatic carbocycles. The van der Waals surface area contributed by atoms with Gasteiger partial charge < -0.3 is 10.4 Å². The Hall–Kier alpha value is -1.34. The molecule has 2 aromatic heterocycles. The van der Waals surface area contributed by atoms with Gasteiger partial charge in [-0.1, -0.05) is 12.1 Å². The maximum atomic E-state index is 9.17. The number of aliphatic hydroxyl groups excluding tert-OH is 1. The van der Waals surface area contributed by atoms with Gasteiger partial charge in [0.25, 0.3) is 0 Å². The molecule has 3 nitrogen and oxygen atoms in total. The van der Waals surface area contributed by atoms with Gasteiger partial charge in [-0.25, -0.2) is 4.98 Å². The maximum Gasteiger partial charge on any atom is 0.187 e. The van der Waals surface area contributed by atoms with Gasteiger partial charge in [-0.2, -0.15) is 0 Å². The van der Waals surface area contributed by atoms with Crippen LogP contribution < -0.4 is 5.32 Å². The van der Waals surface area contributed by atoms with E-state index in [1.165, 1.54) is 9.77 Å². The van der Waals surface area contributed by atoms with E-state index in [1.807, 2.05) is 24.3 Å². The van der Waals surface area contributed by atoms with E-state index in [0.29, 0.717) is 0 Å². The van der Waals surface area contributed by atoms with Crippen LogP contribution in [0.3, 0.4) is 0 Å². The molecule has 0 radical (unpaired) electrons. The van der Waals surface area contributed by atoms with Crippen LogP contribution in [-0.2, 0) is 6.61 Å². The molecule has 0 saturated heterocycles. The highest BCUT2D eigenvalue weighted by Gasteiger charge is 2.10. The van der Waals surface area contributed by atoms with Crippen molar-refractivity contribution in [3.05, 3.63) is 46.7 Å². The molecule has 0 aliphatic heterocycles. The van der Waals surface area contributed by atoms with E-state index in [0.717, 1.165) is 22.1 Å². The second-order valence-corrected chi connectivity index (χ2v) is 7.20. The van der Waals surface area contributed by atoms with Crippen molar-refractivity contribution in [2.75, 3.05) is 11.6 Å². The highest BCUT2D eigenvalue weighted by molar-refractivity contribution is 8.00. The molecule has 0 aliphatic rings. The highest BCUT2D eigenvalue weighted by Crippen LogP contribution is 2.36. The molecule has 0 fully saturated rings. The molecule has 0 atom stereocenters. The summed E-state index contributed by atoms with van der Waals surface area (Å²) in [6, 6.07) is 9.83. The molecular weight excluding hydrogens is 320 g/mol. The number of nitrogens with one attached hydrogen (secondary N) is 1. The fourth-order valence-corrected chi connectivity index (χ4v) is 4.27. The Morgan fingerprint density at radius 2 is 2.19 bits per heavy atom. The van der Waals surface area contributed by atoms with Crippen molar-refractivity contribution < 1.29 is 5.11 Å². The Morgan fingerprint density at radius 1 is 1.29 bits per heavy atom. The van der Waals surface area contributed by atoms with E-state index in [4.69, 9.17) is 0 Å². The second kappa shape index (κ2) is 6.62. The molecule has 0 bridgehead atoms. The number of benzene rings is 1. The zero-order chi connectivity index (χ0) is 14.7. The largest absolute Gasteiger partial charge is 0.392 e. The monoisotopic (exact) mass is 334 g/mol. The summed E-state index contributed by atoms with van der Waals surface area (Å²) in [6.07, 6.45) is 2.08. The van der Waals surface area contributed by atoms with E-state index in [9.17, 15) is 5.11 Å². The number of aromatic nitrogens is 1. The minimum atomic E-state index is 0.0463. The minimum absolute atomic E-state index is 0.0463. The van der Waals surface area contributed by atoms with Crippen LogP contribution in [0.15, 0.2) is 45.3 Å². The molecule has 0 spiro atoms. The topological polar surface area (TPSA) is 45.1 Å². The first-order valence-electron chi connectivity index (χ1n) is 6.34. The molecule has 3 rings (SSSR count). The van der Waals surface area contributed by atoms with Crippen LogP contribution >= 0.6 is 34.4 Å². The first kappa shape index (κ1) is 14.6. The summed E-state index contributed by atoms with van der Waals surface area (Å²) in [5.41, 5.74) is 4.03. The average Bonchev–Trinajstić information content (AvgIpc) is 3.15. The van der Waals surface area contributed by atoms with Crippen LogP contribution in [0.1, 0.15) is 5.56 Å². The number of thioether (sulfide) groups is 1. The summed E-state index contributed by atoms with van der Waals surface area (Å²) in [5, 5.41) is 17.5.